The molecule has 0 atom stereocenters. The van der Waals surface area contributed by atoms with Crippen molar-refractivity contribution in [2.75, 3.05) is 5.32 Å². The lowest BCUT2D eigenvalue weighted by Gasteiger charge is -2.11. The molecule has 0 bridgehead atoms. The third kappa shape index (κ3) is 4.79. The molecule has 3 rings (SSSR count). The van der Waals surface area contributed by atoms with E-state index in [1.807, 2.05) is 6.07 Å². The van der Waals surface area contributed by atoms with Gasteiger partial charge in [0.15, 0.2) is 0 Å². The Morgan fingerprint density at radius 2 is 1.70 bits per heavy atom. The maximum absolute atomic E-state index is 12.5. The summed E-state index contributed by atoms with van der Waals surface area (Å²) in [6.07, 6.45) is 0. The van der Waals surface area contributed by atoms with Gasteiger partial charge in [0.25, 0.3) is 5.91 Å². The number of nitrogens with zero attached hydrogens (tertiary/aromatic N) is 1. The normalized spacial score (nSPS) is 10.1. The highest BCUT2D eigenvalue weighted by Gasteiger charge is 2.10. The summed E-state index contributed by atoms with van der Waals surface area (Å²) in [7, 11) is 0. The van der Waals surface area contributed by atoms with Crippen molar-refractivity contribution in [2.45, 2.75) is 6.61 Å². The Balaban J connectivity index is 1.71. The van der Waals surface area contributed by atoms with Crippen LogP contribution in [-0.2, 0) is 6.61 Å². The van der Waals surface area contributed by atoms with Crippen LogP contribution in [0.15, 0.2) is 66.7 Å². The number of hydrogen-bond acceptors (Lipinski definition) is 3. The number of nitrogens with one attached hydrogen (secondary N) is 1. The molecule has 0 aromatic heterocycles. The van der Waals surface area contributed by atoms with E-state index in [-0.39, 0.29) is 12.5 Å². The monoisotopic (exact) mass is 396 g/mol. The number of anilines is 1. The summed E-state index contributed by atoms with van der Waals surface area (Å²) in [6, 6.07) is 20.8. The average molecular weight is 397 g/mol. The van der Waals surface area contributed by atoms with E-state index in [0.29, 0.717) is 38.2 Å². The van der Waals surface area contributed by atoms with Gasteiger partial charge in [-0.2, -0.15) is 5.26 Å². The Morgan fingerprint density at radius 1 is 1.00 bits per heavy atom. The average Bonchev–Trinajstić information content (AvgIpc) is 2.68. The quantitative estimate of drug-likeness (QED) is 0.601. The minimum absolute atomic E-state index is 0.188. The molecule has 0 aliphatic rings. The van der Waals surface area contributed by atoms with Crippen LogP contribution in [0, 0.1) is 11.3 Å². The molecule has 1 N–H and O–H groups in total. The summed E-state index contributed by atoms with van der Waals surface area (Å²) in [4.78, 5) is 12.5. The molecule has 0 fully saturated rings. The van der Waals surface area contributed by atoms with E-state index >= 15 is 0 Å². The van der Waals surface area contributed by atoms with Crippen LogP contribution in [0.2, 0.25) is 10.0 Å². The number of rotatable bonds is 5. The summed E-state index contributed by atoms with van der Waals surface area (Å²) in [5, 5.41) is 12.8. The molecule has 0 unspecified atom stereocenters. The van der Waals surface area contributed by atoms with Gasteiger partial charge >= 0.3 is 0 Å². The largest absolute Gasteiger partial charge is 0.489 e. The van der Waals surface area contributed by atoms with Crippen LogP contribution in [-0.4, -0.2) is 5.91 Å². The first kappa shape index (κ1) is 18.8. The maximum atomic E-state index is 12.5. The van der Waals surface area contributed by atoms with Gasteiger partial charge in [-0.05, 0) is 48.5 Å². The van der Waals surface area contributed by atoms with Crippen LogP contribution >= 0.6 is 23.2 Å². The van der Waals surface area contributed by atoms with Gasteiger partial charge in [0.1, 0.15) is 12.4 Å². The predicted octanol–water partition coefficient (Wildman–Crippen LogP) is 5.70. The summed E-state index contributed by atoms with van der Waals surface area (Å²) in [5.41, 5.74) is 2.14. The first-order valence-corrected chi connectivity index (χ1v) is 8.79. The molecule has 0 saturated carbocycles. The molecule has 27 heavy (non-hydrogen) atoms. The SMILES string of the molecule is N#Cc1cccc(NC(=O)c2cccc(OCc3c(Cl)cccc3Cl)c2)c1. The van der Waals surface area contributed by atoms with Gasteiger partial charge < -0.3 is 10.1 Å². The molecule has 3 aromatic rings. The number of hydrogen-bond donors (Lipinski definition) is 1. The second kappa shape index (κ2) is 8.59. The lowest BCUT2D eigenvalue weighted by atomic mass is 10.1. The third-order valence-electron chi connectivity index (χ3n) is 3.79. The van der Waals surface area contributed by atoms with Crippen molar-refractivity contribution in [3.8, 4) is 11.8 Å². The van der Waals surface area contributed by atoms with Crippen LogP contribution in [0.25, 0.3) is 0 Å². The molecule has 0 heterocycles. The lowest BCUT2D eigenvalue weighted by molar-refractivity contribution is 0.102. The Bertz CT molecular complexity index is 1010. The highest BCUT2D eigenvalue weighted by molar-refractivity contribution is 6.35. The van der Waals surface area contributed by atoms with Crippen LogP contribution in [0.5, 0.6) is 5.75 Å². The van der Waals surface area contributed by atoms with Crippen LogP contribution in [0.4, 0.5) is 5.69 Å². The molecule has 0 radical (unpaired) electrons. The Kier molecular flexibility index (Phi) is 5.97. The molecule has 0 aliphatic carbocycles. The van der Waals surface area contributed by atoms with Crippen molar-refractivity contribution >= 4 is 34.8 Å². The fourth-order valence-electron chi connectivity index (χ4n) is 2.42. The van der Waals surface area contributed by atoms with Crippen molar-refractivity contribution in [2.24, 2.45) is 0 Å². The minimum Gasteiger partial charge on any atom is -0.489 e. The standard InChI is InChI=1S/C21H14Cl2N2O2/c22-19-8-3-9-20(23)18(19)13-27-17-7-2-5-15(11-17)21(26)25-16-6-1-4-14(10-16)12-24/h1-11H,13H2,(H,25,26). The summed E-state index contributed by atoms with van der Waals surface area (Å²) in [6.45, 7) is 0.188. The van der Waals surface area contributed by atoms with Gasteiger partial charge in [0.05, 0.1) is 11.6 Å². The predicted molar refractivity (Wildman–Crippen MR) is 106 cm³/mol. The number of amides is 1. The highest BCUT2D eigenvalue weighted by Crippen LogP contribution is 2.26. The van der Waals surface area contributed by atoms with Crippen molar-refractivity contribution in [3.05, 3.63) is 93.5 Å². The van der Waals surface area contributed by atoms with Crippen LogP contribution in [0.3, 0.4) is 0 Å². The highest BCUT2D eigenvalue weighted by atomic mass is 35.5. The molecular formula is C21H14Cl2N2O2. The van der Waals surface area contributed by atoms with Gasteiger partial charge in [-0.15, -0.1) is 0 Å². The molecule has 3 aromatic carbocycles. The topological polar surface area (TPSA) is 62.1 Å². The van der Waals surface area contributed by atoms with E-state index in [9.17, 15) is 4.79 Å². The molecule has 6 heteroatoms. The second-order valence-corrected chi connectivity index (χ2v) is 6.48. The molecule has 0 aliphatic heterocycles. The van der Waals surface area contributed by atoms with Crippen molar-refractivity contribution in [1.29, 1.82) is 5.26 Å². The molecule has 0 spiro atoms. The van der Waals surface area contributed by atoms with E-state index in [2.05, 4.69) is 5.32 Å². The van der Waals surface area contributed by atoms with Crippen LogP contribution in [0.1, 0.15) is 21.5 Å². The fraction of sp³-hybridized carbons (Fsp3) is 0.0476. The molecule has 0 saturated heterocycles. The van der Waals surface area contributed by atoms with Crippen molar-refractivity contribution < 1.29 is 9.53 Å². The summed E-state index contributed by atoms with van der Waals surface area (Å²) >= 11 is 12.3. The summed E-state index contributed by atoms with van der Waals surface area (Å²) < 4.78 is 5.74. The number of carbonyl (C=O) groups excluding carboxylic acids is 1. The Labute approximate surface area is 166 Å². The van der Waals surface area contributed by atoms with E-state index < -0.39 is 0 Å². The number of benzene rings is 3. The third-order valence-corrected chi connectivity index (χ3v) is 4.50. The number of nitriles is 1. The maximum Gasteiger partial charge on any atom is 0.255 e. The van der Waals surface area contributed by atoms with Gasteiger partial charge in [0.2, 0.25) is 0 Å². The number of ether oxygens (including phenoxy) is 1. The molecule has 1 amide bonds. The second-order valence-electron chi connectivity index (χ2n) is 5.66. The zero-order valence-corrected chi connectivity index (χ0v) is 15.6. The lowest BCUT2D eigenvalue weighted by Crippen LogP contribution is -2.12. The van der Waals surface area contributed by atoms with Crippen molar-refractivity contribution in [1.82, 2.24) is 0 Å². The molecule has 4 nitrogen and oxygen atoms in total. The summed E-state index contributed by atoms with van der Waals surface area (Å²) in [5.74, 6) is 0.218. The van der Waals surface area contributed by atoms with E-state index in [1.165, 1.54) is 0 Å². The zero-order chi connectivity index (χ0) is 19.2. The smallest absolute Gasteiger partial charge is 0.255 e. The van der Waals surface area contributed by atoms with Crippen molar-refractivity contribution in [3.63, 3.8) is 0 Å². The van der Waals surface area contributed by atoms with E-state index in [0.717, 1.165) is 0 Å². The first-order valence-electron chi connectivity index (χ1n) is 8.04. The van der Waals surface area contributed by atoms with Gasteiger partial charge in [-0.25, -0.2) is 0 Å². The Hall–Kier alpha value is -3.00. The van der Waals surface area contributed by atoms with E-state index in [4.69, 9.17) is 33.2 Å². The first-order chi connectivity index (χ1) is 13.1. The minimum atomic E-state index is -0.300. The zero-order valence-electron chi connectivity index (χ0n) is 14.1. The van der Waals surface area contributed by atoms with Gasteiger partial charge in [0, 0.05) is 26.9 Å². The molecular weight excluding hydrogens is 383 g/mol. The number of halogens is 2. The van der Waals surface area contributed by atoms with Gasteiger partial charge in [-0.1, -0.05) is 41.4 Å². The van der Waals surface area contributed by atoms with E-state index in [1.54, 1.807) is 66.7 Å². The fourth-order valence-corrected chi connectivity index (χ4v) is 2.93. The number of carbonyl (C=O) groups is 1. The van der Waals surface area contributed by atoms with Gasteiger partial charge in [-0.3, -0.25) is 4.79 Å². The Morgan fingerprint density at radius 3 is 2.44 bits per heavy atom. The van der Waals surface area contributed by atoms with Crippen LogP contribution < -0.4 is 10.1 Å². The molecule has 134 valence electrons.